The average molecular weight is 430 g/mol. The fraction of sp³-hybridized carbons (Fsp3) is 0.125. The molecule has 0 spiro atoms. The van der Waals surface area contributed by atoms with Crippen molar-refractivity contribution in [3.63, 3.8) is 0 Å². The number of rotatable bonds is 4. The maximum Gasteiger partial charge on any atom is 0.300 e. The first-order valence-electron chi connectivity index (χ1n) is 9.93. The maximum atomic E-state index is 13.4. The minimum Gasteiger partial charge on any atom is -0.493 e. The number of nitrogens with one attached hydrogen (secondary N) is 1. The zero-order valence-electron chi connectivity index (χ0n) is 17.4. The van der Waals surface area contributed by atoms with E-state index >= 15 is 0 Å². The van der Waals surface area contributed by atoms with E-state index in [4.69, 9.17) is 9.47 Å². The molecule has 5 rings (SSSR count). The Morgan fingerprint density at radius 1 is 0.969 bits per heavy atom. The molecule has 8 heteroatoms. The molecule has 1 N–H and O–H groups in total. The Bertz CT molecular complexity index is 1370. The van der Waals surface area contributed by atoms with Gasteiger partial charge in [-0.3, -0.25) is 4.79 Å². The standard InChI is InChI=1S/C24H19FN4O3/c1-31-19-12-9-15(13-20(19)32-2)22-26-18-6-4-3-5-17(18)23-27-24(30)21(28-29(22)23)14-7-10-16(25)11-8-14/h3-13,22,26H,1-2H3/t22-/m0/s1. The van der Waals surface area contributed by atoms with Crippen LogP contribution >= 0.6 is 0 Å². The molecule has 1 aliphatic rings. The molecule has 1 atom stereocenters. The van der Waals surface area contributed by atoms with Crippen LogP contribution in [0.4, 0.5) is 10.1 Å². The number of fused-ring (bicyclic) bond motifs is 3. The first-order valence-corrected chi connectivity index (χ1v) is 9.93. The van der Waals surface area contributed by atoms with Crippen molar-refractivity contribution in [3.8, 4) is 34.1 Å². The summed E-state index contributed by atoms with van der Waals surface area (Å²) < 4.78 is 25.9. The molecule has 0 bridgehead atoms. The second kappa shape index (κ2) is 7.81. The summed E-state index contributed by atoms with van der Waals surface area (Å²) in [4.78, 5) is 17.2. The van der Waals surface area contributed by atoms with Crippen molar-refractivity contribution >= 4 is 5.69 Å². The lowest BCUT2D eigenvalue weighted by atomic mass is 10.1. The van der Waals surface area contributed by atoms with Gasteiger partial charge in [0.25, 0.3) is 5.56 Å². The quantitative estimate of drug-likeness (QED) is 0.525. The number of hydrogen-bond acceptors (Lipinski definition) is 6. The lowest BCUT2D eigenvalue weighted by Gasteiger charge is -2.30. The van der Waals surface area contributed by atoms with Gasteiger partial charge in [-0.15, -0.1) is 0 Å². The second-order valence-corrected chi connectivity index (χ2v) is 7.25. The molecule has 0 radical (unpaired) electrons. The Morgan fingerprint density at radius 3 is 2.47 bits per heavy atom. The fourth-order valence-corrected chi connectivity index (χ4v) is 3.81. The van der Waals surface area contributed by atoms with Gasteiger partial charge in [0.15, 0.2) is 23.0 Å². The zero-order valence-corrected chi connectivity index (χ0v) is 17.4. The van der Waals surface area contributed by atoms with Gasteiger partial charge in [0.05, 0.1) is 14.2 Å². The van der Waals surface area contributed by atoms with Crippen LogP contribution in [0.1, 0.15) is 11.7 Å². The minimum absolute atomic E-state index is 0.139. The Hall–Kier alpha value is -4.20. The monoisotopic (exact) mass is 430 g/mol. The summed E-state index contributed by atoms with van der Waals surface area (Å²) in [6, 6.07) is 18.8. The van der Waals surface area contributed by atoms with Crippen LogP contribution in [-0.2, 0) is 0 Å². The molecule has 2 heterocycles. The summed E-state index contributed by atoms with van der Waals surface area (Å²) in [6.07, 6.45) is -0.466. The van der Waals surface area contributed by atoms with Gasteiger partial charge < -0.3 is 14.8 Å². The number of methoxy groups -OCH3 is 2. The highest BCUT2D eigenvalue weighted by Crippen LogP contribution is 2.38. The van der Waals surface area contributed by atoms with Gasteiger partial charge in [-0.2, -0.15) is 10.1 Å². The first-order chi connectivity index (χ1) is 15.6. The fourth-order valence-electron chi connectivity index (χ4n) is 3.81. The third kappa shape index (κ3) is 3.26. The van der Waals surface area contributed by atoms with Crippen LogP contribution in [0.5, 0.6) is 11.5 Å². The van der Waals surface area contributed by atoms with Crippen LogP contribution in [0, 0.1) is 5.82 Å². The Balaban J connectivity index is 1.72. The summed E-state index contributed by atoms with van der Waals surface area (Å²) in [6.45, 7) is 0. The molecular weight excluding hydrogens is 411 g/mol. The maximum absolute atomic E-state index is 13.4. The molecule has 160 valence electrons. The Kier molecular flexibility index (Phi) is 4.82. The molecule has 3 aromatic carbocycles. The molecule has 0 aliphatic carbocycles. The van der Waals surface area contributed by atoms with Gasteiger partial charge in [0.1, 0.15) is 12.0 Å². The number of halogens is 1. The third-order valence-corrected chi connectivity index (χ3v) is 5.38. The highest BCUT2D eigenvalue weighted by molar-refractivity contribution is 5.76. The lowest BCUT2D eigenvalue weighted by Crippen LogP contribution is -2.32. The van der Waals surface area contributed by atoms with Crippen molar-refractivity contribution in [1.29, 1.82) is 0 Å². The number of para-hydroxylation sites is 1. The zero-order chi connectivity index (χ0) is 22.2. The highest BCUT2D eigenvalue weighted by Gasteiger charge is 2.28. The molecule has 0 saturated carbocycles. The Labute approximate surface area is 183 Å². The normalized spacial score (nSPS) is 14.2. The van der Waals surface area contributed by atoms with Crippen molar-refractivity contribution in [2.45, 2.75) is 6.17 Å². The third-order valence-electron chi connectivity index (χ3n) is 5.38. The minimum atomic E-state index is -0.481. The summed E-state index contributed by atoms with van der Waals surface area (Å²) in [5.41, 5.74) is 2.58. The van der Waals surface area contributed by atoms with E-state index in [0.717, 1.165) is 16.8 Å². The topological polar surface area (TPSA) is 78.3 Å². The molecule has 7 nitrogen and oxygen atoms in total. The molecule has 0 saturated heterocycles. The number of ether oxygens (including phenoxy) is 2. The summed E-state index contributed by atoms with van der Waals surface area (Å²) >= 11 is 0. The van der Waals surface area contributed by atoms with E-state index < -0.39 is 17.5 Å². The van der Waals surface area contributed by atoms with Crippen molar-refractivity contribution in [1.82, 2.24) is 14.8 Å². The molecule has 0 fully saturated rings. The molecule has 1 aliphatic heterocycles. The van der Waals surface area contributed by atoms with Crippen molar-refractivity contribution < 1.29 is 13.9 Å². The molecule has 0 amide bonds. The Morgan fingerprint density at radius 2 is 1.72 bits per heavy atom. The van der Waals surface area contributed by atoms with Gasteiger partial charge in [0, 0.05) is 22.4 Å². The van der Waals surface area contributed by atoms with Crippen molar-refractivity contribution in [2.75, 3.05) is 19.5 Å². The van der Waals surface area contributed by atoms with Crippen molar-refractivity contribution in [3.05, 3.63) is 88.5 Å². The predicted molar refractivity (Wildman–Crippen MR) is 118 cm³/mol. The molecular formula is C24H19FN4O3. The van der Waals surface area contributed by atoms with E-state index in [2.05, 4.69) is 15.4 Å². The SMILES string of the molecule is COc1ccc([C@H]2Nc3ccccc3-c3nc(=O)c(-c4ccc(F)cc4)nn32)cc1OC. The van der Waals surface area contributed by atoms with E-state index in [1.54, 1.807) is 18.9 Å². The highest BCUT2D eigenvalue weighted by atomic mass is 19.1. The number of benzene rings is 3. The predicted octanol–water partition coefficient (Wildman–Crippen LogP) is 4.10. The molecule has 32 heavy (non-hydrogen) atoms. The molecule has 0 unspecified atom stereocenters. The smallest absolute Gasteiger partial charge is 0.300 e. The van der Waals surface area contributed by atoms with E-state index in [9.17, 15) is 9.18 Å². The van der Waals surface area contributed by atoms with Crippen LogP contribution < -0.4 is 20.3 Å². The number of hydrogen-bond donors (Lipinski definition) is 1. The van der Waals surface area contributed by atoms with Gasteiger partial charge in [0.2, 0.25) is 0 Å². The van der Waals surface area contributed by atoms with Crippen molar-refractivity contribution in [2.24, 2.45) is 0 Å². The van der Waals surface area contributed by atoms with Gasteiger partial charge in [-0.05, 0) is 48.5 Å². The van der Waals surface area contributed by atoms with Gasteiger partial charge in [-0.1, -0.05) is 18.2 Å². The van der Waals surface area contributed by atoms with E-state index in [1.807, 2.05) is 42.5 Å². The van der Waals surface area contributed by atoms with Gasteiger partial charge in [-0.25, -0.2) is 9.07 Å². The number of anilines is 1. The molecule has 1 aromatic heterocycles. The first kappa shape index (κ1) is 19.7. The second-order valence-electron chi connectivity index (χ2n) is 7.25. The largest absolute Gasteiger partial charge is 0.493 e. The average Bonchev–Trinajstić information content (AvgIpc) is 2.83. The number of nitrogens with zero attached hydrogens (tertiary/aromatic N) is 3. The van der Waals surface area contributed by atoms with E-state index in [0.29, 0.717) is 22.9 Å². The van der Waals surface area contributed by atoms with Gasteiger partial charge >= 0.3 is 0 Å². The van der Waals surface area contributed by atoms with Crippen LogP contribution in [0.25, 0.3) is 22.6 Å². The summed E-state index contributed by atoms with van der Waals surface area (Å²) in [5.74, 6) is 1.22. The number of aromatic nitrogens is 3. The van der Waals surface area contributed by atoms with E-state index in [-0.39, 0.29) is 5.69 Å². The summed E-state index contributed by atoms with van der Waals surface area (Å²) in [5, 5.41) is 8.12. The van der Waals surface area contributed by atoms with Crippen LogP contribution in [0.3, 0.4) is 0 Å². The van der Waals surface area contributed by atoms with Crippen LogP contribution in [0.2, 0.25) is 0 Å². The lowest BCUT2D eigenvalue weighted by molar-refractivity contribution is 0.354. The summed E-state index contributed by atoms with van der Waals surface area (Å²) in [7, 11) is 3.15. The van der Waals surface area contributed by atoms with E-state index in [1.165, 1.54) is 24.3 Å². The molecule has 4 aromatic rings. The van der Waals surface area contributed by atoms with Crippen LogP contribution in [0.15, 0.2) is 71.5 Å². The van der Waals surface area contributed by atoms with Crippen LogP contribution in [-0.4, -0.2) is 29.0 Å².